The fourth-order valence-electron chi connectivity index (χ4n) is 1.53. The van der Waals surface area contributed by atoms with E-state index in [0.717, 1.165) is 17.1 Å². The SMILES string of the molecule is COCCNCC(O)CSc1ncnc2nc[nH]c12. The van der Waals surface area contributed by atoms with Gasteiger partial charge >= 0.3 is 0 Å². The number of ether oxygens (including phenoxy) is 1. The Morgan fingerprint density at radius 1 is 1.47 bits per heavy atom. The van der Waals surface area contributed by atoms with Crippen molar-refractivity contribution in [3.05, 3.63) is 12.7 Å². The highest BCUT2D eigenvalue weighted by Gasteiger charge is 2.09. The Morgan fingerprint density at radius 3 is 3.21 bits per heavy atom. The predicted octanol–water partition coefficient (Wildman–Crippen LogP) is 0.0419. The van der Waals surface area contributed by atoms with Crippen LogP contribution in [-0.2, 0) is 4.74 Å². The number of rotatable bonds is 8. The molecule has 2 heterocycles. The van der Waals surface area contributed by atoms with E-state index in [-0.39, 0.29) is 0 Å². The van der Waals surface area contributed by atoms with Crippen LogP contribution in [0, 0.1) is 0 Å². The zero-order chi connectivity index (χ0) is 13.5. The molecule has 0 spiro atoms. The second kappa shape index (κ2) is 7.39. The number of aliphatic hydroxyl groups is 1. The normalized spacial score (nSPS) is 12.9. The Kier molecular flexibility index (Phi) is 5.52. The van der Waals surface area contributed by atoms with E-state index in [2.05, 4.69) is 25.3 Å². The largest absolute Gasteiger partial charge is 0.391 e. The number of H-pyrrole nitrogens is 1. The number of nitrogens with one attached hydrogen (secondary N) is 2. The Hall–Kier alpha value is -1.22. The van der Waals surface area contributed by atoms with E-state index in [1.165, 1.54) is 18.1 Å². The van der Waals surface area contributed by atoms with E-state index >= 15 is 0 Å². The maximum Gasteiger partial charge on any atom is 0.181 e. The molecule has 0 fully saturated rings. The monoisotopic (exact) mass is 283 g/mol. The zero-order valence-corrected chi connectivity index (χ0v) is 11.5. The number of imidazole rings is 1. The summed E-state index contributed by atoms with van der Waals surface area (Å²) >= 11 is 1.48. The molecule has 2 aromatic heterocycles. The summed E-state index contributed by atoms with van der Waals surface area (Å²) in [5.41, 5.74) is 1.46. The van der Waals surface area contributed by atoms with Crippen LogP contribution in [0.1, 0.15) is 0 Å². The third kappa shape index (κ3) is 4.13. The number of hydrogen-bond acceptors (Lipinski definition) is 7. The van der Waals surface area contributed by atoms with Gasteiger partial charge in [0.25, 0.3) is 0 Å². The molecular formula is C11H17N5O2S. The average Bonchev–Trinajstić information content (AvgIpc) is 2.90. The minimum Gasteiger partial charge on any atom is -0.391 e. The molecule has 3 N–H and O–H groups in total. The maximum absolute atomic E-state index is 9.84. The van der Waals surface area contributed by atoms with Gasteiger partial charge in [-0.3, -0.25) is 0 Å². The van der Waals surface area contributed by atoms with Gasteiger partial charge in [-0.05, 0) is 0 Å². The van der Waals surface area contributed by atoms with Gasteiger partial charge < -0.3 is 20.1 Å². The van der Waals surface area contributed by atoms with E-state index in [1.54, 1.807) is 13.4 Å². The summed E-state index contributed by atoms with van der Waals surface area (Å²) in [6.07, 6.45) is 2.63. The quantitative estimate of drug-likeness (QED) is 0.357. The molecule has 0 aliphatic rings. The molecular weight excluding hydrogens is 266 g/mol. The van der Waals surface area contributed by atoms with Crippen molar-refractivity contribution in [2.24, 2.45) is 0 Å². The summed E-state index contributed by atoms with van der Waals surface area (Å²) in [7, 11) is 1.65. The van der Waals surface area contributed by atoms with Crippen LogP contribution >= 0.6 is 11.8 Å². The van der Waals surface area contributed by atoms with E-state index in [9.17, 15) is 5.11 Å². The lowest BCUT2D eigenvalue weighted by Crippen LogP contribution is -2.30. The van der Waals surface area contributed by atoms with Gasteiger partial charge in [-0.25, -0.2) is 15.0 Å². The Bertz CT molecular complexity index is 507. The molecule has 0 amide bonds. The molecule has 1 atom stereocenters. The fourth-order valence-corrected chi connectivity index (χ4v) is 2.41. The van der Waals surface area contributed by atoms with E-state index in [0.29, 0.717) is 24.6 Å². The maximum atomic E-state index is 9.84. The van der Waals surface area contributed by atoms with Gasteiger partial charge in [0.15, 0.2) is 5.65 Å². The summed E-state index contributed by atoms with van der Waals surface area (Å²) in [5.74, 6) is 0.561. The minimum atomic E-state index is -0.435. The molecule has 0 saturated carbocycles. The van der Waals surface area contributed by atoms with Crippen LogP contribution in [0.5, 0.6) is 0 Å². The molecule has 0 aromatic carbocycles. The topological polar surface area (TPSA) is 95.9 Å². The van der Waals surface area contributed by atoms with Crippen molar-refractivity contribution < 1.29 is 9.84 Å². The number of aromatic amines is 1. The lowest BCUT2D eigenvalue weighted by atomic mass is 10.4. The molecule has 0 aliphatic carbocycles. The van der Waals surface area contributed by atoms with Gasteiger partial charge in [0.05, 0.1) is 19.0 Å². The summed E-state index contributed by atoms with van der Waals surface area (Å²) < 4.78 is 4.91. The first-order chi connectivity index (χ1) is 9.31. The van der Waals surface area contributed by atoms with Crippen molar-refractivity contribution in [3.63, 3.8) is 0 Å². The number of thioether (sulfide) groups is 1. The molecule has 0 bridgehead atoms. The fraction of sp³-hybridized carbons (Fsp3) is 0.545. The molecule has 2 aromatic rings. The third-order valence-corrected chi connectivity index (χ3v) is 3.60. The van der Waals surface area contributed by atoms with Gasteiger partial charge in [-0.1, -0.05) is 0 Å². The van der Waals surface area contributed by atoms with Crippen LogP contribution in [-0.4, -0.2) is 63.7 Å². The molecule has 104 valence electrons. The van der Waals surface area contributed by atoms with Crippen molar-refractivity contribution in [1.29, 1.82) is 0 Å². The van der Waals surface area contributed by atoms with Crippen LogP contribution in [0.15, 0.2) is 17.7 Å². The molecule has 0 saturated heterocycles. The summed E-state index contributed by atoms with van der Waals surface area (Å²) in [5, 5.41) is 13.8. The molecule has 19 heavy (non-hydrogen) atoms. The summed E-state index contributed by atoms with van der Waals surface area (Å²) in [4.78, 5) is 15.3. The van der Waals surface area contributed by atoms with Gasteiger partial charge in [-0.2, -0.15) is 0 Å². The average molecular weight is 283 g/mol. The first-order valence-corrected chi connectivity index (χ1v) is 6.94. The van der Waals surface area contributed by atoms with Crippen LogP contribution in [0.25, 0.3) is 11.2 Å². The zero-order valence-electron chi connectivity index (χ0n) is 10.7. The van der Waals surface area contributed by atoms with Crippen LogP contribution in [0.4, 0.5) is 0 Å². The lowest BCUT2D eigenvalue weighted by Gasteiger charge is -2.11. The van der Waals surface area contributed by atoms with Gasteiger partial charge in [0.1, 0.15) is 16.9 Å². The third-order valence-electron chi connectivity index (χ3n) is 2.46. The smallest absolute Gasteiger partial charge is 0.181 e. The van der Waals surface area contributed by atoms with Crippen LogP contribution in [0.2, 0.25) is 0 Å². The van der Waals surface area contributed by atoms with Gasteiger partial charge in [-0.15, -0.1) is 11.8 Å². The number of aromatic nitrogens is 4. The van der Waals surface area contributed by atoms with Crippen molar-refractivity contribution in [3.8, 4) is 0 Å². The summed E-state index contributed by atoms with van der Waals surface area (Å²) in [6, 6.07) is 0. The number of fused-ring (bicyclic) bond motifs is 1. The standard InChI is InChI=1S/C11H17N5O2S/c1-18-3-2-12-4-8(17)5-19-11-9-10(14-6-13-9)15-7-16-11/h6-8,12,17H,2-5H2,1H3,(H,13,14,15,16). The molecule has 0 radical (unpaired) electrons. The molecule has 1 unspecified atom stereocenters. The first-order valence-electron chi connectivity index (χ1n) is 5.96. The highest BCUT2D eigenvalue weighted by atomic mass is 32.2. The number of methoxy groups -OCH3 is 1. The molecule has 0 aliphatic heterocycles. The number of aliphatic hydroxyl groups excluding tert-OH is 1. The molecule has 2 rings (SSSR count). The number of hydrogen-bond donors (Lipinski definition) is 3. The van der Waals surface area contributed by atoms with E-state index in [4.69, 9.17) is 4.74 Å². The van der Waals surface area contributed by atoms with Crippen molar-refractivity contribution in [2.45, 2.75) is 11.1 Å². The molecule has 8 heteroatoms. The highest BCUT2D eigenvalue weighted by Crippen LogP contribution is 2.22. The Morgan fingerprint density at radius 2 is 2.37 bits per heavy atom. The van der Waals surface area contributed by atoms with Crippen molar-refractivity contribution in [2.75, 3.05) is 32.6 Å². The highest BCUT2D eigenvalue weighted by molar-refractivity contribution is 7.99. The Labute approximate surface area is 115 Å². The van der Waals surface area contributed by atoms with Crippen LogP contribution < -0.4 is 5.32 Å². The second-order valence-electron chi connectivity index (χ2n) is 3.94. The van der Waals surface area contributed by atoms with Gasteiger partial charge in [0, 0.05) is 26.0 Å². The Balaban J connectivity index is 1.80. The first kappa shape index (κ1) is 14.2. The number of nitrogens with zero attached hydrogens (tertiary/aromatic N) is 3. The van der Waals surface area contributed by atoms with Gasteiger partial charge in [0.2, 0.25) is 0 Å². The second-order valence-corrected chi connectivity index (χ2v) is 4.95. The van der Waals surface area contributed by atoms with Crippen molar-refractivity contribution >= 4 is 22.9 Å². The van der Waals surface area contributed by atoms with E-state index < -0.39 is 6.10 Å². The predicted molar refractivity (Wildman–Crippen MR) is 73.2 cm³/mol. The summed E-state index contributed by atoms with van der Waals surface area (Å²) in [6.45, 7) is 1.91. The van der Waals surface area contributed by atoms with Crippen LogP contribution in [0.3, 0.4) is 0 Å². The van der Waals surface area contributed by atoms with Crippen molar-refractivity contribution in [1.82, 2.24) is 25.3 Å². The lowest BCUT2D eigenvalue weighted by molar-refractivity contribution is 0.175. The van der Waals surface area contributed by atoms with E-state index in [1.807, 2.05) is 0 Å². The molecule has 7 nitrogen and oxygen atoms in total. The minimum absolute atomic E-state index is 0.435.